The van der Waals surface area contributed by atoms with Crippen molar-refractivity contribution in [1.29, 1.82) is 0 Å². The van der Waals surface area contributed by atoms with Crippen molar-refractivity contribution < 1.29 is 9.59 Å². The Bertz CT molecular complexity index is 1250. The van der Waals surface area contributed by atoms with Gasteiger partial charge >= 0.3 is 0 Å². The molecule has 3 aromatic carbocycles. The lowest BCUT2D eigenvalue weighted by Gasteiger charge is -2.16. The van der Waals surface area contributed by atoms with Crippen LogP contribution < -0.4 is 10.6 Å². The number of nitrogens with one attached hydrogen (secondary N) is 2. The Morgan fingerprint density at radius 2 is 1.68 bits per heavy atom. The van der Waals surface area contributed by atoms with Gasteiger partial charge in [-0.15, -0.1) is 22.0 Å². The van der Waals surface area contributed by atoms with Crippen LogP contribution in [0.15, 0.2) is 94.3 Å². The van der Waals surface area contributed by atoms with Crippen molar-refractivity contribution in [1.82, 2.24) is 15.5 Å². The van der Waals surface area contributed by atoms with E-state index in [1.54, 1.807) is 12.1 Å². The molecule has 0 radical (unpaired) electrons. The molecule has 4 rings (SSSR count). The van der Waals surface area contributed by atoms with Crippen molar-refractivity contribution in [3.8, 4) is 0 Å². The van der Waals surface area contributed by atoms with Crippen molar-refractivity contribution in [2.45, 2.75) is 16.6 Å². The van der Waals surface area contributed by atoms with E-state index in [-0.39, 0.29) is 11.8 Å². The Balaban J connectivity index is 1.35. The highest BCUT2D eigenvalue weighted by atomic mass is 79.9. The van der Waals surface area contributed by atoms with E-state index in [0.717, 1.165) is 19.9 Å². The molecule has 2 N–H and O–H groups in total. The molecule has 1 unspecified atom stereocenters. The van der Waals surface area contributed by atoms with Crippen molar-refractivity contribution >= 4 is 56.0 Å². The van der Waals surface area contributed by atoms with Crippen LogP contribution in [-0.4, -0.2) is 28.6 Å². The smallest absolute Gasteiger partial charge is 0.251 e. The average molecular weight is 554 g/mol. The number of halogens is 1. The Kier molecular flexibility index (Phi) is 8.46. The minimum atomic E-state index is -0.430. The summed E-state index contributed by atoms with van der Waals surface area (Å²) < 4.78 is 0.851. The molecule has 0 aliphatic heterocycles. The van der Waals surface area contributed by atoms with Gasteiger partial charge in [0.2, 0.25) is 11.0 Å². The SMILES string of the molecule is O=C(NCCc1nnc(NC(=O)C(Sc2ccccc2)c2ccccc2)s1)c1cccc(Br)c1. The van der Waals surface area contributed by atoms with E-state index in [9.17, 15) is 9.59 Å². The maximum atomic E-state index is 13.2. The fourth-order valence-corrected chi connectivity index (χ4v) is 5.31. The Morgan fingerprint density at radius 1 is 0.941 bits per heavy atom. The summed E-state index contributed by atoms with van der Waals surface area (Å²) in [6.07, 6.45) is 0.522. The largest absolute Gasteiger partial charge is 0.352 e. The fourth-order valence-electron chi connectivity index (χ4n) is 3.13. The third-order valence-electron chi connectivity index (χ3n) is 4.75. The maximum Gasteiger partial charge on any atom is 0.251 e. The molecule has 6 nitrogen and oxygen atoms in total. The molecule has 172 valence electrons. The zero-order valence-electron chi connectivity index (χ0n) is 18.0. The van der Waals surface area contributed by atoms with Gasteiger partial charge in [0.05, 0.1) is 0 Å². The molecule has 9 heteroatoms. The lowest BCUT2D eigenvalue weighted by Crippen LogP contribution is -2.25. The number of aromatic nitrogens is 2. The van der Waals surface area contributed by atoms with Gasteiger partial charge in [-0.05, 0) is 35.9 Å². The first-order valence-electron chi connectivity index (χ1n) is 10.5. The third kappa shape index (κ3) is 6.75. The summed E-state index contributed by atoms with van der Waals surface area (Å²) in [5.74, 6) is -0.311. The van der Waals surface area contributed by atoms with Crippen molar-refractivity contribution in [2.24, 2.45) is 0 Å². The van der Waals surface area contributed by atoms with Crippen LogP contribution in [0.2, 0.25) is 0 Å². The van der Waals surface area contributed by atoms with Crippen molar-refractivity contribution in [3.63, 3.8) is 0 Å². The van der Waals surface area contributed by atoms with E-state index in [0.29, 0.717) is 23.7 Å². The summed E-state index contributed by atoms with van der Waals surface area (Å²) in [5, 5.41) is 14.8. The van der Waals surface area contributed by atoms with Gasteiger partial charge in [-0.3, -0.25) is 14.9 Å². The molecule has 0 spiro atoms. The van der Waals surface area contributed by atoms with Gasteiger partial charge in [-0.1, -0.05) is 81.9 Å². The Morgan fingerprint density at radius 3 is 2.41 bits per heavy atom. The van der Waals surface area contributed by atoms with Gasteiger partial charge < -0.3 is 5.32 Å². The van der Waals surface area contributed by atoms with E-state index in [4.69, 9.17) is 0 Å². The zero-order chi connectivity index (χ0) is 23.8. The number of thioether (sulfide) groups is 1. The standard InChI is InChI=1S/C25H21BrN4O2S2/c26-19-11-7-10-18(16-19)23(31)27-15-14-21-29-30-25(34-21)28-24(32)22(17-8-3-1-4-9-17)33-20-12-5-2-6-13-20/h1-13,16,22H,14-15H2,(H,27,31)(H,28,30,32). The molecule has 0 saturated heterocycles. The molecule has 0 fully saturated rings. The number of benzene rings is 3. The molecule has 1 aromatic heterocycles. The van der Waals surface area contributed by atoms with Crippen LogP contribution in [0.3, 0.4) is 0 Å². The topological polar surface area (TPSA) is 84.0 Å². The molecule has 0 saturated carbocycles. The lowest BCUT2D eigenvalue weighted by molar-refractivity contribution is -0.115. The predicted octanol–water partition coefficient (Wildman–Crippen LogP) is 5.75. The van der Waals surface area contributed by atoms with Crippen LogP contribution in [-0.2, 0) is 11.2 Å². The second kappa shape index (κ2) is 11.9. The molecule has 0 aliphatic rings. The highest BCUT2D eigenvalue weighted by Gasteiger charge is 2.23. The normalized spacial score (nSPS) is 11.6. The highest BCUT2D eigenvalue weighted by molar-refractivity contribution is 9.10. The number of amides is 2. The van der Waals surface area contributed by atoms with Crippen LogP contribution >= 0.6 is 39.0 Å². The van der Waals surface area contributed by atoms with Crippen molar-refractivity contribution in [3.05, 3.63) is 106 Å². The Labute approximate surface area is 214 Å². The minimum Gasteiger partial charge on any atom is -0.352 e. The summed E-state index contributed by atoms with van der Waals surface area (Å²) in [5.41, 5.74) is 1.50. The fraction of sp³-hybridized carbons (Fsp3) is 0.120. The number of nitrogens with zero attached hydrogens (tertiary/aromatic N) is 2. The molecule has 0 aliphatic carbocycles. The first-order chi connectivity index (χ1) is 16.6. The number of hydrogen-bond donors (Lipinski definition) is 2. The number of carbonyl (C=O) groups excluding carboxylic acids is 2. The zero-order valence-corrected chi connectivity index (χ0v) is 21.2. The first-order valence-corrected chi connectivity index (χ1v) is 13.0. The predicted molar refractivity (Wildman–Crippen MR) is 140 cm³/mol. The van der Waals surface area contributed by atoms with Gasteiger partial charge in [-0.2, -0.15) is 0 Å². The van der Waals surface area contributed by atoms with Gasteiger partial charge in [0, 0.05) is 27.9 Å². The van der Waals surface area contributed by atoms with E-state index in [1.165, 1.54) is 23.1 Å². The monoisotopic (exact) mass is 552 g/mol. The average Bonchev–Trinajstić information content (AvgIpc) is 3.30. The number of carbonyl (C=O) groups is 2. The van der Waals surface area contributed by atoms with E-state index >= 15 is 0 Å². The Hall–Kier alpha value is -3.01. The summed E-state index contributed by atoms with van der Waals surface area (Å²) in [4.78, 5) is 26.4. The molecule has 0 bridgehead atoms. The maximum absolute atomic E-state index is 13.2. The highest BCUT2D eigenvalue weighted by Crippen LogP contribution is 2.36. The van der Waals surface area contributed by atoms with Crippen LogP contribution in [0.25, 0.3) is 0 Å². The number of anilines is 1. The molecular formula is C25H21BrN4O2S2. The van der Waals surface area contributed by atoms with E-state index in [2.05, 4.69) is 36.8 Å². The second-order valence-corrected chi connectivity index (χ2v) is 10.4. The lowest BCUT2D eigenvalue weighted by atomic mass is 10.1. The summed E-state index contributed by atoms with van der Waals surface area (Å²) in [7, 11) is 0. The quantitative estimate of drug-likeness (QED) is 0.258. The number of hydrogen-bond acceptors (Lipinski definition) is 6. The number of rotatable bonds is 9. The van der Waals surface area contributed by atoms with Gasteiger partial charge in [0.15, 0.2) is 0 Å². The third-order valence-corrected chi connectivity index (χ3v) is 7.40. The molecule has 1 atom stereocenters. The van der Waals surface area contributed by atoms with E-state index < -0.39 is 5.25 Å². The summed E-state index contributed by atoms with van der Waals surface area (Å²) >= 11 is 6.16. The van der Waals surface area contributed by atoms with Crippen LogP contribution in [0.5, 0.6) is 0 Å². The summed E-state index contributed by atoms with van der Waals surface area (Å²) in [6.45, 7) is 0.421. The molecule has 1 heterocycles. The van der Waals surface area contributed by atoms with Crippen LogP contribution in [0.1, 0.15) is 26.2 Å². The van der Waals surface area contributed by atoms with Gasteiger partial charge in [0.1, 0.15) is 10.3 Å². The molecule has 4 aromatic rings. The molecular weight excluding hydrogens is 532 g/mol. The van der Waals surface area contributed by atoms with Crippen molar-refractivity contribution in [2.75, 3.05) is 11.9 Å². The van der Waals surface area contributed by atoms with Gasteiger partial charge in [-0.25, -0.2) is 0 Å². The van der Waals surface area contributed by atoms with Crippen LogP contribution in [0, 0.1) is 0 Å². The first kappa shape index (κ1) is 24.1. The van der Waals surface area contributed by atoms with Gasteiger partial charge in [0.25, 0.3) is 5.91 Å². The van der Waals surface area contributed by atoms with E-state index in [1.807, 2.05) is 72.8 Å². The second-order valence-electron chi connectivity index (χ2n) is 7.23. The molecule has 2 amide bonds. The van der Waals surface area contributed by atoms with Crippen LogP contribution in [0.4, 0.5) is 5.13 Å². The molecule has 34 heavy (non-hydrogen) atoms. The minimum absolute atomic E-state index is 0.150. The summed E-state index contributed by atoms with van der Waals surface area (Å²) in [6, 6.07) is 26.7.